The molecule has 0 bridgehead atoms. The Balaban J connectivity index is 2.36. The minimum atomic E-state index is 0.0640. The zero-order valence-electron chi connectivity index (χ0n) is 7.71. The van der Waals surface area contributed by atoms with Crippen LogP contribution in [0.2, 0.25) is 4.34 Å². The quantitative estimate of drug-likeness (QED) is 0.559. The molecule has 2 aromatic rings. The van der Waals surface area contributed by atoms with Crippen molar-refractivity contribution in [2.24, 2.45) is 0 Å². The SMILES string of the molecule is Cc1cc(C(=O)c2csc(I)c2)sc1Cl. The molecule has 0 radical (unpaired) electrons. The lowest BCUT2D eigenvalue weighted by molar-refractivity contribution is 0.104. The molecule has 0 aliphatic heterocycles. The first-order chi connectivity index (χ1) is 7.08. The Kier molecular flexibility index (Phi) is 3.49. The Morgan fingerprint density at radius 1 is 1.47 bits per heavy atom. The predicted molar refractivity (Wildman–Crippen MR) is 74.5 cm³/mol. The van der Waals surface area contributed by atoms with Gasteiger partial charge in [0.15, 0.2) is 0 Å². The minimum absolute atomic E-state index is 0.0640. The Morgan fingerprint density at radius 3 is 2.67 bits per heavy atom. The number of rotatable bonds is 2. The molecule has 0 unspecified atom stereocenters. The van der Waals surface area contributed by atoms with Gasteiger partial charge in [0.2, 0.25) is 5.78 Å². The van der Waals surface area contributed by atoms with Gasteiger partial charge >= 0.3 is 0 Å². The molecular formula is C10H6ClIOS2. The van der Waals surface area contributed by atoms with Crippen molar-refractivity contribution in [3.63, 3.8) is 0 Å². The van der Waals surface area contributed by atoms with Gasteiger partial charge in [-0.2, -0.15) is 0 Å². The monoisotopic (exact) mass is 368 g/mol. The van der Waals surface area contributed by atoms with Gasteiger partial charge in [0.25, 0.3) is 0 Å². The molecule has 0 atom stereocenters. The third kappa shape index (κ3) is 2.43. The van der Waals surface area contributed by atoms with Crippen LogP contribution in [0.25, 0.3) is 0 Å². The van der Waals surface area contributed by atoms with Crippen LogP contribution in [0.4, 0.5) is 0 Å². The Morgan fingerprint density at radius 2 is 2.20 bits per heavy atom. The highest BCUT2D eigenvalue weighted by atomic mass is 127. The molecule has 0 aliphatic carbocycles. The summed E-state index contributed by atoms with van der Waals surface area (Å²) in [4.78, 5) is 12.7. The van der Waals surface area contributed by atoms with E-state index in [1.165, 1.54) is 11.3 Å². The van der Waals surface area contributed by atoms with Gasteiger partial charge in [0, 0.05) is 10.9 Å². The molecule has 0 fully saturated rings. The van der Waals surface area contributed by atoms with E-state index in [0.29, 0.717) is 9.21 Å². The molecule has 0 saturated heterocycles. The Hall–Kier alpha value is 0.0900. The van der Waals surface area contributed by atoms with E-state index in [1.807, 2.05) is 24.4 Å². The first-order valence-corrected chi connectivity index (χ1v) is 7.28. The summed E-state index contributed by atoms with van der Waals surface area (Å²) in [5, 5.41) is 1.88. The maximum absolute atomic E-state index is 12.0. The summed E-state index contributed by atoms with van der Waals surface area (Å²) < 4.78 is 1.82. The second-order valence-electron chi connectivity index (χ2n) is 3.04. The van der Waals surface area contributed by atoms with Crippen molar-refractivity contribution in [2.75, 3.05) is 0 Å². The summed E-state index contributed by atoms with van der Waals surface area (Å²) in [5.41, 5.74) is 1.72. The summed E-state index contributed by atoms with van der Waals surface area (Å²) in [6.07, 6.45) is 0. The van der Waals surface area contributed by atoms with Gasteiger partial charge in [-0.05, 0) is 47.2 Å². The van der Waals surface area contributed by atoms with Crippen molar-refractivity contribution in [3.05, 3.63) is 40.7 Å². The van der Waals surface area contributed by atoms with Crippen molar-refractivity contribution in [3.8, 4) is 0 Å². The molecule has 5 heteroatoms. The van der Waals surface area contributed by atoms with Crippen LogP contribution in [-0.2, 0) is 0 Å². The Labute approximate surface area is 114 Å². The highest BCUT2D eigenvalue weighted by Crippen LogP contribution is 2.29. The largest absolute Gasteiger partial charge is 0.288 e. The number of aryl methyl sites for hydroxylation is 1. The predicted octanol–water partition coefficient (Wildman–Crippen LogP) is 4.61. The number of thiophene rings is 2. The second-order valence-corrected chi connectivity index (χ2v) is 7.50. The summed E-state index contributed by atoms with van der Waals surface area (Å²) >= 11 is 11.1. The summed E-state index contributed by atoms with van der Waals surface area (Å²) in [6, 6.07) is 3.75. The smallest absolute Gasteiger partial charge is 0.203 e. The van der Waals surface area contributed by atoms with Gasteiger partial charge in [0.05, 0.1) is 12.1 Å². The van der Waals surface area contributed by atoms with E-state index in [4.69, 9.17) is 11.6 Å². The molecule has 2 aromatic heterocycles. The molecule has 0 aromatic carbocycles. The van der Waals surface area contributed by atoms with Gasteiger partial charge in [-0.3, -0.25) is 4.79 Å². The van der Waals surface area contributed by atoms with Crippen LogP contribution in [0, 0.1) is 9.81 Å². The summed E-state index contributed by atoms with van der Waals surface area (Å²) in [6.45, 7) is 1.91. The lowest BCUT2D eigenvalue weighted by Crippen LogP contribution is -1.95. The minimum Gasteiger partial charge on any atom is -0.288 e. The fourth-order valence-corrected chi connectivity index (χ4v) is 3.63. The number of carbonyl (C=O) groups excluding carboxylic acids is 1. The van der Waals surface area contributed by atoms with E-state index in [2.05, 4.69) is 22.6 Å². The average Bonchev–Trinajstić information content (AvgIpc) is 2.74. The van der Waals surface area contributed by atoms with Gasteiger partial charge in [-0.1, -0.05) is 11.6 Å². The van der Waals surface area contributed by atoms with Crippen molar-refractivity contribution in [1.82, 2.24) is 0 Å². The van der Waals surface area contributed by atoms with E-state index in [0.717, 1.165) is 14.0 Å². The van der Waals surface area contributed by atoms with Gasteiger partial charge < -0.3 is 0 Å². The van der Waals surface area contributed by atoms with Crippen LogP contribution >= 0.6 is 56.9 Å². The lowest BCUT2D eigenvalue weighted by Gasteiger charge is -1.90. The highest BCUT2D eigenvalue weighted by molar-refractivity contribution is 14.1. The third-order valence-electron chi connectivity index (χ3n) is 1.91. The molecule has 0 aliphatic rings. The van der Waals surface area contributed by atoms with Crippen LogP contribution in [0.15, 0.2) is 17.5 Å². The summed E-state index contributed by atoms with van der Waals surface area (Å²) in [5.74, 6) is 0.0640. The zero-order chi connectivity index (χ0) is 11.0. The van der Waals surface area contributed by atoms with Crippen molar-refractivity contribution in [2.45, 2.75) is 6.92 Å². The third-order valence-corrected chi connectivity index (χ3v) is 5.25. The fourth-order valence-electron chi connectivity index (χ4n) is 1.14. The van der Waals surface area contributed by atoms with Crippen LogP contribution < -0.4 is 0 Å². The zero-order valence-corrected chi connectivity index (χ0v) is 12.3. The Bertz CT molecular complexity index is 496. The maximum atomic E-state index is 12.0. The molecule has 2 rings (SSSR count). The van der Waals surface area contributed by atoms with Crippen LogP contribution in [0.1, 0.15) is 20.8 Å². The lowest BCUT2D eigenvalue weighted by atomic mass is 10.2. The highest BCUT2D eigenvalue weighted by Gasteiger charge is 2.14. The number of carbonyl (C=O) groups is 1. The number of hydrogen-bond donors (Lipinski definition) is 0. The average molecular weight is 369 g/mol. The van der Waals surface area contributed by atoms with Crippen LogP contribution in [0.5, 0.6) is 0 Å². The molecular weight excluding hydrogens is 363 g/mol. The molecule has 2 heterocycles. The molecule has 0 N–H and O–H groups in total. The van der Waals surface area contributed by atoms with Crippen LogP contribution in [0.3, 0.4) is 0 Å². The normalized spacial score (nSPS) is 10.6. The van der Waals surface area contributed by atoms with Crippen molar-refractivity contribution >= 4 is 62.6 Å². The maximum Gasteiger partial charge on any atom is 0.203 e. The molecule has 0 amide bonds. The van der Waals surface area contributed by atoms with Gasteiger partial charge in [-0.25, -0.2) is 0 Å². The van der Waals surface area contributed by atoms with Crippen molar-refractivity contribution < 1.29 is 4.79 Å². The fraction of sp³-hybridized carbons (Fsp3) is 0.100. The number of halogens is 2. The number of ketones is 1. The molecule has 0 saturated carbocycles. The van der Waals surface area contributed by atoms with Gasteiger partial charge in [-0.15, -0.1) is 22.7 Å². The van der Waals surface area contributed by atoms with E-state index >= 15 is 0 Å². The standard InChI is InChI=1S/C10H6ClIOS2/c1-5-2-7(15-10(5)11)9(13)6-3-8(12)14-4-6/h2-4H,1H3. The van der Waals surface area contributed by atoms with Gasteiger partial charge in [0.1, 0.15) is 0 Å². The summed E-state index contributed by atoms with van der Waals surface area (Å²) in [7, 11) is 0. The van der Waals surface area contributed by atoms with E-state index in [1.54, 1.807) is 11.3 Å². The first kappa shape index (κ1) is 11.6. The molecule has 0 spiro atoms. The topological polar surface area (TPSA) is 17.1 Å². The second kappa shape index (κ2) is 4.53. The van der Waals surface area contributed by atoms with Crippen LogP contribution in [-0.4, -0.2) is 5.78 Å². The van der Waals surface area contributed by atoms with E-state index in [-0.39, 0.29) is 5.78 Å². The van der Waals surface area contributed by atoms with E-state index in [9.17, 15) is 4.79 Å². The molecule has 1 nitrogen and oxygen atoms in total. The van der Waals surface area contributed by atoms with Crippen molar-refractivity contribution in [1.29, 1.82) is 0 Å². The number of hydrogen-bond acceptors (Lipinski definition) is 3. The first-order valence-electron chi connectivity index (χ1n) is 4.12. The molecule has 78 valence electrons. The van der Waals surface area contributed by atoms with E-state index < -0.39 is 0 Å². The molecule has 15 heavy (non-hydrogen) atoms.